The van der Waals surface area contributed by atoms with E-state index in [0.29, 0.717) is 11.8 Å². The van der Waals surface area contributed by atoms with Crippen LogP contribution in [0, 0.1) is 5.92 Å². The molecule has 1 aromatic heterocycles. The van der Waals surface area contributed by atoms with Crippen LogP contribution in [0.25, 0.3) is 0 Å². The van der Waals surface area contributed by atoms with Crippen molar-refractivity contribution in [1.82, 2.24) is 4.90 Å². The third kappa shape index (κ3) is 1.90. The predicted molar refractivity (Wildman–Crippen MR) is 70.1 cm³/mol. The molecule has 3 rings (SSSR count). The molecule has 17 heavy (non-hydrogen) atoms. The van der Waals surface area contributed by atoms with Crippen molar-refractivity contribution >= 4 is 17.2 Å². The van der Waals surface area contributed by atoms with Gasteiger partial charge in [0.25, 0.3) is 0 Å². The molecule has 0 saturated heterocycles. The molecule has 0 aromatic carbocycles. The maximum Gasteiger partial charge on any atom is 0.226 e. The Kier molecular flexibility index (Phi) is 2.95. The van der Waals surface area contributed by atoms with Gasteiger partial charge in [0.1, 0.15) is 0 Å². The molecule has 1 atom stereocenters. The van der Waals surface area contributed by atoms with E-state index in [2.05, 4.69) is 23.3 Å². The minimum absolute atomic E-state index is 0.290. The summed E-state index contributed by atoms with van der Waals surface area (Å²) < 4.78 is 0. The van der Waals surface area contributed by atoms with E-state index in [0.717, 1.165) is 25.8 Å². The predicted octanol–water partition coefficient (Wildman–Crippen LogP) is 3.38. The molecule has 3 heteroatoms. The fourth-order valence-electron chi connectivity index (χ4n) is 3.22. The molecular weight excluding hydrogens is 230 g/mol. The van der Waals surface area contributed by atoms with E-state index in [9.17, 15) is 4.79 Å². The topological polar surface area (TPSA) is 20.3 Å². The van der Waals surface area contributed by atoms with Gasteiger partial charge in [-0.05, 0) is 43.2 Å². The van der Waals surface area contributed by atoms with Crippen LogP contribution < -0.4 is 0 Å². The summed E-state index contributed by atoms with van der Waals surface area (Å²) in [6, 6.07) is 2.48. The highest BCUT2D eigenvalue weighted by Crippen LogP contribution is 2.36. The minimum atomic E-state index is 0.290. The van der Waals surface area contributed by atoms with E-state index >= 15 is 0 Å². The first-order chi connectivity index (χ1) is 8.27. The van der Waals surface area contributed by atoms with Crippen LogP contribution in [0.3, 0.4) is 0 Å². The normalized spacial score (nSPS) is 25.0. The molecule has 1 aliphatic heterocycles. The standard InChI is InChI=1S/C14H19NOS/c1-10-12-7-9-17-13(12)6-8-15(10)14(16)11-4-2-3-5-11/h7,9-11H,2-6,8H2,1H3/t10-/m0/s1. The summed E-state index contributed by atoms with van der Waals surface area (Å²) >= 11 is 1.84. The van der Waals surface area contributed by atoms with Gasteiger partial charge in [-0.25, -0.2) is 0 Å². The fraction of sp³-hybridized carbons (Fsp3) is 0.643. The van der Waals surface area contributed by atoms with Gasteiger partial charge < -0.3 is 4.90 Å². The second-order valence-electron chi connectivity index (χ2n) is 5.24. The lowest BCUT2D eigenvalue weighted by Crippen LogP contribution is -2.41. The molecule has 0 spiro atoms. The lowest BCUT2D eigenvalue weighted by molar-refractivity contribution is -0.137. The molecule has 0 unspecified atom stereocenters. The second-order valence-corrected chi connectivity index (χ2v) is 6.24. The SMILES string of the molecule is C[C@H]1c2ccsc2CCN1C(=O)C1CCCC1. The maximum atomic E-state index is 12.5. The van der Waals surface area contributed by atoms with Crippen LogP contribution in [0.2, 0.25) is 0 Å². The van der Waals surface area contributed by atoms with Gasteiger partial charge in [-0.2, -0.15) is 0 Å². The van der Waals surface area contributed by atoms with Gasteiger partial charge in [-0.3, -0.25) is 4.79 Å². The van der Waals surface area contributed by atoms with E-state index in [4.69, 9.17) is 0 Å². The number of carbonyl (C=O) groups excluding carboxylic acids is 1. The molecule has 2 heterocycles. The average Bonchev–Trinajstić information content (AvgIpc) is 3.00. The molecule has 1 amide bonds. The zero-order valence-electron chi connectivity index (χ0n) is 10.3. The van der Waals surface area contributed by atoms with Crippen molar-refractivity contribution in [2.75, 3.05) is 6.54 Å². The minimum Gasteiger partial charge on any atom is -0.335 e. The summed E-state index contributed by atoms with van der Waals surface area (Å²) in [6.07, 6.45) is 5.75. The molecule has 0 bridgehead atoms. The van der Waals surface area contributed by atoms with Gasteiger partial charge in [0, 0.05) is 17.3 Å². The monoisotopic (exact) mass is 249 g/mol. The van der Waals surface area contributed by atoms with E-state index in [1.165, 1.54) is 23.3 Å². The van der Waals surface area contributed by atoms with E-state index in [-0.39, 0.29) is 6.04 Å². The Balaban J connectivity index is 1.79. The summed E-state index contributed by atoms with van der Waals surface area (Å²) in [5.41, 5.74) is 1.38. The maximum absolute atomic E-state index is 12.5. The quantitative estimate of drug-likeness (QED) is 0.747. The summed E-state index contributed by atoms with van der Waals surface area (Å²) in [5, 5.41) is 2.16. The van der Waals surface area contributed by atoms with Crippen molar-refractivity contribution in [2.24, 2.45) is 5.92 Å². The highest BCUT2D eigenvalue weighted by atomic mass is 32.1. The first-order valence-electron chi connectivity index (χ1n) is 6.64. The van der Waals surface area contributed by atoms with Crippen molar-refractivity contribution in [3.05, 3.63) is 21.9 Å². The number of thiophene rings is 1. The summed E-state index contributed by atoms with van der Waals surface area (Å²) in [6.45, 7) is 3.10. The Morgan fingerprint density at radius 2 is 2.18 bits per heavy atom. The molecule has 2 aliphatic rings. The number of fused-ring (bicyclic) bond motifs is 1. The number of amides is 1. The smallest absolute Gasteiger partial charge is 0.226 e. The van der Waals surface area contributed by atoms with Crippen molar-refractivity contribution in [2.45, 2.75) is 45.1 Å². The number of nitrogens with zero attached hydrogens (tertiary/aromatic N) is 1. The van der Waals surface area contributed by atoms with Crippen molar-refractivity contribution in [3.8, 4) is 0 Å². The molecule has 92 valence electrons. The second kappa shape index (κ2) is 4.45. The number of hydrogen-bond donors (Lipinski definition) is 0. The Labute approximate surface area is 107 Å². The van der Waals surface area contributed by atoms with E-state index < -0.39 is 0 Å². The molecule has 0 N–H and O–H groups in total. The van der Waals surface area contributed by atoms with E-state index in [1.54, 1.807) is 0 Å². The summed E-state index contributed by atoms with van der Waals surface area (Å²) in [4.78, 5) is 16.1. The number of carbonyl (C=O) groups is 1. The Bertz CT molecular complexity index is 420. The average molecular weight is 249 g/mol. The number of hydrogen-bond acceptors (Lipinski definition) is 2. The van der Waals surface area contributed by atoms with Crippen LogP contribution in [0.1, 0.15) is 49.1 Å². The van der Waals surface area contributed by atoms with Crippen molar-refractivity contribution in [3.63, 3.8) is 0 Å². The van der Waals surface area contributed by atoms with Crippen LogP contribution >= 0.6 is 11.3 Å². The van der Waals surface area contributed by atoms with Crippen LogP contribution in [-0.2, 0) is 11.2 Å². The lowest BCUT2D eigenvalue weighted by atomic mass is 9.98. The van der Waals surface area contributed by atoms with E-state index in [1.807, 2.05) is 11.3 Å². The van der Waals surface area contributed by atoms with Gasteiger partial charge in [-0.15, -0.1) is 11.3 Å². The zero-order valence-corrected chi connectivity index (χ0v) is 11.1. The van der Waals surface area contributed by atoms with Crippen LogP contribution in [0.15, 0.2) is 11.4 Å². The highest BCUT2D eigenvalue weighted by Gasteiger charge is 2.33. The summed E-state index contributed by atoms with van der Waals surface area (Å²) in [5.74, 6) is 0.726. The molecule has 1 aromatic rings. The third-order valence-corrected chi connectivity index (χ3v) is 5.26. The Hall–Kier alpha value is -0.830. The van der Waals surface area contributed by atoms with Gasteiger partial charge >= 0.3 is 0 Å². The molecule has 1 saturated carbocycles. The zero-order chi connectivity index (χ0) is 11.8. The first kappa shape index (κ1) is 11.3. The van der Waals surface area contributed by atoms with Crippen molar-refractivity contribution < 1.29 is 4.79 Å². The third-order valence-electron chi connectivity index (χ3n) is 4.26. The van der Waals surface area contributed by atoms with Crippen LogP contribution in [0.4, 0.5) is 0 Å². The fourth-order valence-corrected chi connectivity index (χ4v) is 4.18. The van der Waals surface area contributed by atoms with Crippen LogP contribution in [-0.4, -0.2) is 17.4 Å². The largest absolute Gasteiger partial charge is 0.335 e. The lowest BCUT2D eigenvalue weighted by Gasteiger charge is -2.35. The molecular formula is C14H19NOS. The van der Waals surface area contributed by atoms with Gasteiger partial charge in [-0.1, -0.05) is 12.8 Å². The van der Waals surface area contributed by atoms with Crippen molar-refractivity contribution in [1.29, 1.82) is 0 Å². The number of rotatable bonds is 1. The van der Waals surface area contributed by atoms with Crippen LogP contribution in [0.5, 0.6) is 0 Å². The van der Waals surface area contributed by atoms with Gasteiger partial charge in [0.15, 0.2) is 0 Å². The Morgan fingerprint density at radius 3 is 2.94 bits per heavy atom. The highest BCUT2D eigenvalue weighted by molar-refractivity contribution is 7.10. The molecule has 1 fully saturated rings. The molecule has 0 radical (unpaired) electrons. The molecule has 1 aliphatic carbocycles. The van der Waals surface area contributed by atoms with Gasteiger partial charge in [0.2, 0.25) is 5.91 Å². The first-order valence-corrected chi connectivity index (χ1v) is 7.52. The molecule has 2 nitrogen and oxygen atoms in total. The van der Waals surface area contributed by atoms with Gasteiger partial charge in [0.05, 0.1) is 6.04 Å². The Morgan fingerprint density at radius 1 is 1.41 bits per heavy atom. The summed E-state index contributed by atoms with van der Waals surface area (Å²) in [7, 11) is 0.